The Balaban J connectivity index is 1.87. The van der Waals surface area contributed by atoms with Crippen molar-refractivity contribution in [2.24, 2.45) is 0 Å². The van der Waals surface area contributed by atoms with Gasteiger partial charge in [0.25, 0.3) is 0 Å². The van der Waals surface area contributed by atoms with Crippen molar-refractivity contribution < 1.29 is 9.47 Å². The fraction of sp³-hybridized carbons (Fsp3) is 0.235. The lowest BCUT2D eigenvalue weighted by Crippen LogP contribution is -2.01. The number of rotatable bonds is 5. The Morgan fingerprint density at radius 3 is 2.67 bits per heavy atom. The average Bonchev–Trinajstić information content (AvgIpc) is 2.54. The Kier molecular flexibility index (Phi) is 5.93. The van der Waals surface area contributed by atoms with E-state index in [1.165, 1.54) is 5.56 Å². The molecule has 0 bridgehead atoms. The van der Waals surface area contributed by atoms with E-state index in [9.17, 15) is 0 Å². The third-order valence-corrected chi connectivity index (χ3v) is 2.96. The number of pyridine rings is 1. The van der Waals surface area contributed by atoms with Crippen molar-refractivity contribution >= 4 is 11.6 Å². The van der Waals surface area contributed by atoms with Gasteiger partial charge in [0.2, 0.25) is 0 Å². The zero-order valence-electron chi connectivity index (χ0n) is 11.8. The second kappa shape index (κ2) is 8.18. The fourth-order valence-corrected chi connectivity index (χ4v) is 1.85. The molecule has 21 heavy (non-hydrogen) atoms. The van der Waals surface area contributed by atoms with Crippen LogP contribution < -0.4 is 9.47 Å². The quantitative estimate of drug-likeness (QED) is 0.627. The molecule has 0 aliphatic rings. The number of hydrogen-bond donors (Lipinski definition) is 0. The van der Waals surface area contributed by atoms with E-state index in [1.807, 2.05) is 30.3 Å². The van der Waals surface area contributed by atoms with Crippen LogP contribution in [0.15, 0.2) is 42.7 Å². The molecule has 1 aromatic carbocycles. The van der Waals surface area contributed by atoms with Gasteiger partial charge in [-0.25, -0.2) is 0 Å². The lowest BCUT2D eigenvalue weighted by atomic mass is 10.1. The minimum absolute atomic E-state index is 0.308. The number of benzene rings is 1. The van der Waals surface area contributed by atoms with Crippen LogP contribution in [-0.4, -0.2) is 24.6 Å². The first kappa shape index (κ1) is 15.2. The summed E-state index contributed by atoms with van der Waals surface area (Å²) >= 11 is 5.53. The van der Waals surface area contributed by atoms with E-state index >= 15 is 0 Å². The van der Waals surface area contributed by atoms with Crippen LogP contribution in [-0.2, 0) is 6.42 Å². The zero-order chi connectivity index (χ0) is 14.9. The van der Waals surface area contributed by atoms with Crippen molar-refractivity contribution in [3.8, 4) is 23.3 Å². The minimum atomic E-state index is 0.308. The highest BCUT2D eigenvalue weighted by atomic mass is 35.5. The van der Waals surface area contributed by atoms with E-state index < -0.39 is 0 Å². The maximum Gasteiger partial charge on any atom is 0.138 e. The average molecular weight is 302 g/mol. The van der Waals surface area contributed by atoms with Gasteiger partial charge in [0, 0.05) is 18.2 Å². The van der Waals surface area contributed by atoms with Crippen molar-refractivity contribution in [1.82, 2.24) is 4.98 Å². The summed E-state index contributed by atoms with van der Waals surface area (Å²) in [5, 5.41) is 0. The van der Waals surface area contributed by atoms with Crippen LogP contribution in [0.3, 0.4) is 0 Å². The first-order valence-corrected chi connectivity index (χ1v) is 7.11. The Labute approximate surface area is 129 Å². The minimum Gasteiger partial charge on any atom is -0.497 e. The lowest BCUT2D eigenvalue weighted by Gasteiger charge is -2.07. The first-order valence-electron chi connectivity index (χ1n) is 6.57. The molecule has 0 N–H and O–H groups in total. The predicted octanol–water partition coefficient (Wildman–Crippen LogP) is 3.30. The van der Waals surface area contributed by atoms with Crippen molar-refractivity contribution in [2.75, 3.05) is 19.6 Å². The third kappa shape index (κ3) is 5.02. The Hall–Kier alpha value is -2.18. The van der Waals surface area contributed by atoms with Gasteiger partial charge in [-0.1, -0.05) is 24.0 Å². The number of alkyl halides is 1. The molecule has 0 saturated heterocycles. The molecule has 0 unspecified atom stereocenters. The zero-order valence-corrected chi connectivity index (χ0v) is 12.6. The molecule has 0 fully saturated rings. The molecule has 3 nitrogen and oxygen atoms in total. The molecular weight excluding hydrogens is 286 g/mol. The van der Waals surface area contributed by atoms with Crippen LogP contribution in [0.1, 0.15) is 11.1 Å². The van der Waals surface area contributed by atoms with Gasteiger partial charge >= 0.3 is 0 Å². The molecule has 2 aromatic rings. The predicted molar refractivity (Wildman–Crippen MR) is 84.0 cm³/mol. The number of methoxy groups -OCH3 is 1. The summed E-state index contributed by atoms with van der Waals surface area (Å²) in [4.78, 5) is 4.10. The van der Waals surface area contributed by atoms with Crippen molar-refractivity contribution in [2.45, 2.75) is 6.42 Å². The van der Waals surface area contributed by atoms with Crippen LogP contribution in [0.5, 0.6) is 11.5 Å². The molecule has 0 atom stereocenters. The molecule has 1 heterocycles. The van der Waals surface area contributed by atoms with Gasteiger partial charge in [0.15, 0.2) is 0 Å². The smallest absolute Gasteiger partial charge is 0.138 e. The van der Waals surface area contributed by atoms with Gasteiger partial charge in [0.1, 0.15) is 11.5 Å². The van der Waals surface area contributed by atoms with Gasteiger partial charge in [-0.2, -0.15) is 0 Å². The van der Waals surface area contributed by atoms with E-state index in [4.69, 9.17) is 21.1 Å². The number of aromatic nitrogens is 1. The highest BCUT2D eigenvalue weighted by Gasteiger charge is 1.98. The summed E-state index contributed by atoms with van der Waals surface area (Å²) in [6.07, 6.45) is 4.19. The summed E-state index contributed by atoms with van der Waals surface area (Å²) in [5.74, 6) is 7.59. The van der Waals surface area contributed by atoms with Gasteiger partial charge in [0.05, 0.1) is 25.8 Å². The largest absolute Gasteiger partial charge is 0.497 e. The van der Waals surface area contributed by atoms with E-state index in [0.29, 0.717) is 18.2 Å². The Morgan fingerprint density at radius 1 is 1.14 bits per heavy atom. The van der Waals surface area contributed by atoms with Crippen LogP contribution in [0.4, 0.5) is 0 Å². The van der Waals surface area contributed by atoms with Crippen molar-refractivity contribution in [1.29, 1.82) is 0 Å². The molecule has 0 aliphatic carbocycles. The van der Waals surface area contributed by atoms with E-state index in [2.05, 4.69) is 16.8 Å². The fourth-order valence-electron chi connectivity index (χ4n) is 1.78. The van der Waals surface area contributed by atoms with Gasteiger partial charge in [-0.3, -0.25) is 4.98 Å². The molecule has 1 aromatic heterocycles. The molecule has 0 amide bonds. The molecular formula is C17H16ClNO2. The summed E-state index contributed by atoms with van der Waals surface area (Å²) in [5.41, 5.74) is 2.00. The van der Waals surface area contributed by atoms with Crippen LogP contribution in [0.25, 0.3) is 0 Å². The Morgan fingerprint density at radius 2 is 1.95 bits per heavy atom. The third-order valence-electron chi connectivity index (χ3n) is 2.83. The summed E-state index contributed by atoms with van der Waals surface area (Å²) < 4.78 is 10.8. The second-order valence-corrected chi connectivity index (χ2v) is 4.56. The number of hydrogen-bond acceptors (Lipinski definition) is 3. The topological polar surface area (TPSA) is 31.4 Å². The first-order chi connectivity index (χ1) is 10.3. The second-order valence-electron chi connectivity index (χ2n) is 4.29. The van der Waals surface area contributed by atoms with E-state index in [0.717, 1.165) is 17.7 Å². The van der Waals surface area contributed by atoms with E-state index in [-0.39, 0.29) is 0 Å². The molecule has 108 valence electrons. The number of halogens is 1. The van der Waals surface area contributed by atoms with Gasteiger partial charge < -0.3 is 9.47 Å². The van der Waals surface area contributed by atoms with Crippen LogP contribution in [0.2, 0.25) is 0 Å². The van der Waals surface area contributed by atoms with Gasteiger partial charge in [-0.15, -0.1) is 11.6 Å². The molecule has 0 spiro atoms. The molecule has 4 heteroatoms. The lowest BCUT2D eigenvalue weighted by molar-refractivity contribution is 0.320. The molecule has 2 rings (SSSR count). The standard InChI is InChI=1S/C17H16ClNO2/c1-20-16-6-4-14(5-7-16)8-10-21-17-11-15(3-2-9-18)12-19-13-17/h4-7,11-13H,8-10H2,1H3. The highest BCUT2D eigenvalue weighted by molar-refractivity contribution is 6.19. The van der Waals surface area contributed by atoms with E-state index in [1.54, 1.807) is 19.5 Å². The summed E-state index contributed by atoms with van der Waals surface area (Å²) in [6.45, 7) is 0.584. The summed E-state index contributed by atoms with van der Waals surface area (Å²) in [7, 11) is 1.66. The van der Waals surface area contributed by atoms with Crippen molar-refractivity contribution in [3.63, 3.8) is 0 Å². The molecule has 0 aliphatic heterocycles. The summed E-state index contributed by atoms with van der Waals surface area (Å²) in [6, 6.07) is 9.81. The number of ether oxygens (including phenoxy) is 2. The molecule has 0 saturated carbocycles. The maximum absolute atomic E-state index is 5.69. The molecule has 0 radical (unpaired) electrons. The normalized spacial score (nSPS) is 9.62. The van der Waals surface area contributed by atoms with Crippen LogP contribution in [0, 0.1) is 11.8 Å². The number of nitrogens with zero attached hydrogens (tertiary/aromatic N) is 1. The highest BCUT2D eigenvalue weighted by Crippen LogP contribution is 2.13. The SMILES string of the molecule is COc1ccc(CCOc2cncc(C#CCCl)c2)cc1. The Bertz CT molecular complexity index is 629. The van der Waals surface area contributed by atoms with Gasteiger partial charge in [-0.05, 0) is 23.8 Å². The van der Waals surface area contributed by atoms with Crippen molar-refractivity contribution in [3.05, 3.63) is 53.9 Å². The maximum atomic E-state index is 5.69. The van der Waals surface area contributed by atoms with Crippen LogP contribution >= 0.6 is 11.6 Å². The monoisotopic (exact) mass is 301 g/mol.